The first kappa shape index (κ1) is 18.8. The van der Waals surface area contributed by atoms with Crippen LogP contribution in [-0.4, -0.2) is 17.5 Å². The van der Waals surface area contributed by atoms with E-state index in [-0.39, 0.29) is 17.5 Å². The van der Waals surface area contributed by atoms with Gasteiger partial charge in [-0.25, -0.2) is 0 Å². The maximum Gasteiger partial charge on any atom is 0.251 e. The molecule has 0 aliphatic heterocycles. The van der Waals surface area contributed by atoms with Crippen LogP contribution in [0.15, 0.2) is 78.9 Å². The number of benzene rings is 3. The van der Waals surface area contributed by atoms with Crippen molar-refractivity contribution in [2.75, 3.05) is 0 Å². The van der Waals surface area contributed by atoms with E-state index in [1.54, 1.807) is 42.5 Å². The van der Waals surface area contributed by atoms with Gasteiger partial charge in [-0.3, -0.25) is 14.4 Å². The molecule has 0 fully saturated rings. The lowest BCUT2D eigenvalue weighted by Crippen LogP contribution is -2.31. The summed E-state index contributed by atoms with van der Waals surface area (Å²) in [4.78, 5) is 37.4. The summed E-state index contributed by atoms with van der Waals surface area (Å²) in [5.41, 5.74) is 3.56. The SMILES string of the molecule is O=C(N[C@@H]1CCCc2ccccc21)c1ccc(C(=O)C(=O)c2ccccc2)cc1. The number of hydrogen-bond acceptors (Lipinski definition) is 3. The Bertz CT molecular complexity index is 1050. The van der Waals surface area contributed by atoms with E-state index in [1.165, 1.54) is 23.3 Å². The third-order valence-corrected chi connectivity index (χ3v) is 5.33. The van der Waals surface area contributed by atoms with Gasteiger partial charge in [0.25, 0.3) is 5.91 Å². The molecule has 1 amide bonds. The maximum atomic E-state index is 12.7. The van der Waals surface area contributed by atoms with Crippen molar-refractivity contribution in [2.24, 2.45) is 0 Å². The van der Waals surface area contributed by atoms with Crippen molar-refractivity contribution >= 4 is 17.5 Å². The van der Waals surface area contributed by atoms with Gasteiger partial charge in [0.05, 0.1) is 6.04 Å². The number of hydrogen-bond donors (Lipinski definition) is 1. The smallest absolute Gasteiger partial charge is 0.251 e. The molecule has 1 N–H and O–H groups in total. The van der Waals surface area contributed by atoms with Gasteiger partial charge >= 0.3 is 0 Å². The Balaban J connectivity index is 1.46. The lowest BCUT2D eigenvalue weighted by Gasteiger charge is -2.26. The lowest BCUT2D eigenvalue weighted by atomic mass is 9.87. The van der Waals surface area contributed by atoms with Crippen LogP contribution in [0.3, 0.4) is 0 Å². The third kappa shape index (κ3) is 4.02. The number of nitrogens with one attached hydrogen (secondary N) is 1. The molecule has 0 radical (unpaired) electrons. The average Bonchev–Trinajstić information content (AvgIpc) is 2.79. The third-order valence-electron chi connectivity index (χ3n) is 5.33. The van der Waals surface area contributed by atoms with Crippen molar-refractivity contribution in [1.82, 2.24) is 5.32 Å². The highest BCUT2D eigenvalue weighted by Gasteiger charge is 2.22. The Kier molecular flexibility index (Phi) is 5.34. The fourth-order valence-electron chi connectivity index (χ4n) is 3.77. The molecule has 4 nitrogen and oxygen atoms in total. The molecule has 3 aromatic carbocycles. The molecule has 1 atom stereocenters. The van der Waals surface area contributed by atoms with E-state index >= 15 is 0 Å². The summed E-state index contributed by atoms with van der Waals surface area (Å²) >= 11 is 0. The van der Waals surface area contributed by atoms with E-state index in [2.05, 4.69) is 17.4 Å². The fraction of sp³-hybridized carbons (Fsp3) is 0.160. The van der Waals surface area contributed by atoms with Crippen LogP contribution in [0.2, 0.25) is 0 Å². The largest absolute Gasteiger partial charge is 0.345 e. The molecule has 0 unspecified atom stereocenters. The molecule has 0 saturated heterocycles. The number of fused-ring (bicyclic) bond motifs is 1. The summed E-state index contributed by atoms with van der Waals surface area (Å²) in [5.74, 6) is -1.31. The van der Waals surface area contributed by atoms with Gasteiger partial charge in [-0.05, 0) is 42.5 Å². The molecule has 0 saturated carbocycles. The molecule has 0 aromatic heterocycles. The van der Waals surface area contributed by atoms with Gasteiger partial charge in [0.2, 0.25) is 11.6 Å². The van der Waals surface area contributed by atoms with Gasteiger partial charge in [-0.1, -0.05) is 66.7 Å². The number of rotatable bonds is 5. The predicted octanol–water partition coefficient (Wildman–Crippen LogP) is 4.56. The van der Waals surface area contributed by atoms with Gasteiger partial charge in [-0.15, -0.1) is 0 Å². The summed E-state index contributed by atoms with van der Waals surface area (Å²) in [6.07, 6.45) is 2.98. The molecule has 1 aliphatic carbocycles. The minimum Gasteiger partial charge on any atom is -0.345 e. The molecule has 29 heavy (non-hydrogen) atoms. The van der Waals surface area contributed by atoms with Gasteiger partial charge < -0.3 is 5.32 Å². The molecular weight excluding hydrogens is 362 g/mol. The van der Waals surface area contributed by atoms with Crippen molar-refractivity contribution in [3.63, 3.8) is 0 Å². The van der Waals surface area contributed by atoms with Crippen molar-refractivity contribution in [3.8, 4) is 0 Å². The van der Waals surface area contributed by atoms with E-state index < -0.39 is 11.6 Å². The standard InChI is InChI=1S/C25H21NO3/c27-23(18-8-2-1-3-9-18)24(28)19-13-15-20(16-14-19)25(29)26-22-12-6-10-17-7-4-5-11-21(17)22/h1-5,7-9,11,13-16,22H,6,10,12H2,(H,26,29)/t22-/m1/s1. The van der Waals surface area contributed by atoms with Crippen LogP contribution in [0, 0.1) is 0 Å². The number of carbonyl (C=O) groups is 3. The maximum absolute atomic E-state index is 12.7. The molecule has 4 heteroatoms. The zero-order chi connectivity index (χ0) is 20.2. The Labute approximate surface area is 169 Å². The van der Waals surface area contributed by atoms with Crippen LogP contribution in [0.4, 0.5) is 0 Å². The van der Waals surface area contributed by atoms with E-state index in [1.807, 2.05) is 12.1 Å². The van der Waals surface area contributed by atoms with Crippen LogP contribution in [0.1, 0.15) is 61.1 Å². The van der Waals surface area contributed by atoms with Crippen LogP contribution < -0.4 is 5.32 Å². The minimum absolute atomic E-state index is 0.00610. The normalized spacial score (nSPS) is 15.2. The zero-order valence-corrected chi connectivity index (χ0v) is 15.9. The summed E-state index contributed by atoms with van der Waals surface area (Å²) < 4.78 is 0. The van der Waals surface area contributed by atoms with E-state index in [0.29, 0.717) is 11.1 Å². The van der Waals surface area contributed by atoms with Crippen molar-refractivity contribution < 1.29 is 14.4 Å². The summed E-state index contributed by atoms with van der Waals surface area (Å²) in [6.45, 7) is 0. The average molecular weight is 383 g/mol. The number of carbonyl (C=O) groups excluding carboxylic acids is 3. The van der Waals surface area contributed by atoms with Gasteiger partial charge in [-0.2, -0.15) is 0 Å². The van der Waals surface area contributed by atoms with E-state index in [0.717, 1.165) is 19.3 Å². The lowest BCUT2D eigenvalue weighted by molar-refractivity contribution is 0.0817. The number of ketones is 2. The minimum atomic E-state index is -0.579. The molecule has 3 aromatic rings. The number of Topliss-reactive ketones (excluding diaryl/α,β-unsaturated/α-hetero) is 2. The van der Waals surface area contributed by atoms with Gasteiger partial charge in [0.1, 0.15) is 0 Å². The topological polar surface area (TPSA) is 63.2 Å². The summed E-state index contributed by atoms with van der Waals surface area (Å²) in [6, 6.07) is 22.9. The van der Waals surface area contributed by atoms with Crippen molar-refractivity contribution in [1.29, 1.82) is 0 Å². The Hall–Kier alpha value is -3.53. The zero-order valence-electron chi connectivity index (χ0n) is 15.9. The molecule has 0 heterocycles. The van der Waals surface area contributed by atoms with Crippen LogP contribution in [-0.2, 0) is 6.42 Å². The first-order valence-electron chi connectivity index (χ1n) is 9.76. The Morgan fingerprint density at radius 3 is 2.00 bits per heavy atom. The summed E-state index contributed by atoms with van der Waals surface area (Å²) in [7, 11) is 0. The summed E-state index contributed by atoms with van der Waals surface area (Å²) in [5, 5.41) is 3.10. The predicted molar refractivity (Wildman–Crippen MR) is 111 cm³/mol. The van der Waals surface area contributed by atoms with E-state index in [9.17, 15) is 14.4 Å². The first-order valence-corrected chi connectivity index (χ1v) is 9.76. The van der Waals surface area contributed by atoms with E-state index in [4.69, 9.17) is 0 Å². The molecule has 0 spiro atoms. The number of aryl methyl sites for hydroxylation is 1. The molecule has 1 aliphatic rings. The monoisotopic (exact) mass is 383 g/mol. The second-order valence-corrected chi connectivity index (χ2v) is 7.22. The Morgan fingerprint density at radius 1 is 0.690 bits per heavy atom. The Morgan fingerprint density at radius 2 is 1.28 bits per heavy atom. The van der Waals surface area contributed by atoms with Gasteiger partial charge in [0.15, 0.2) is 0 Å². The quantitative estimate of drug-likeness (QED) is 0.519. The highest BCUT2D eigenvalue weighted by Crippen LogP contribution is 2.29. The molecular formula is C25H21NO3. The molecule has 144 valence electrons. The highest BCUT2D eigenvalue weighted by molar-refractivity contribution is 6.49. The van der Waals surface area contributed by atoms with Crippen LogP contribution in [0.5, 0.6) is 0 Å². The highest BCUT2D eigenvalue weighted by atomic mass is 16.2. The van der Waals surface area contributed by atoms with Crippen molar-refractivity contribution in [3.05, 3.63) is 107 Å². The molecule has 0 bridgehead atoms. The number of amides is 1. The van der Waals surface area contributed by atoms with Crippen molar-refractivity contribution in [2.45, 2.75) is 25.3 Å². The van der Waals surface area contributed by atoms with Crippen LogP contribution in [0.25, 0.3) is 0 Å². The molecule has 4 rings (SSSR count). The second-order valence-electron chi connectivity index (χ2n) is 7.22. The first-order chi connectivity index (χ1) is 14.1. The second kappa shape index (κ2) is 8.23. The van der Waals surface area contributed by atoms with Gasteiger partial charge in [0, 0.05) is 16.7 Å². The fourth-order valence-corrected chi connectivity index (χ4v) is 3.77. The van der Waals surface area contributed by atoms with Crippen LogP contribution >= 0.6 is 0 Å².